The Morgan fingerprint density at radius 1 is 0.579 bits per heavy atom. The molecule has 0 aliphatic heterocycles. The molecule has 0 saturated heterocycles. The van der Waals surface area contributed by atoms with E-state index in [0.29, 0.717) is 0 Å². The number of para-hydroxylation sites is 1. The second-order valence-corrected chi connectivity index (χ2v) is 11.5. The minimum absolute atomic E-state index is 0.841. The lowest BCUT2D eigenvalue weighted by atomic mass is 10.1. The number of fused-ring (bicyclic) bond motifs is 9. The maximum atomic E-state index is 5.21. The molecule has 4 aromatic carbocycles. The van der Waals surface area contributed by atoms with Crippen molar-refractivity contribution in [2.75, 3.05) is 0 Å². The lowest BCUT2D eigenvalue weighted by Gasteiger charge is -2.19. The van der Waals surface area contributed by atoms with Crippen molar-refractivity contribution in [1.29, 1.82) is 0 Å². The summed E-state index contributed by atoms with van der Waals surface area (Å²) in [5.41, 5.74) is 5.21. The van der Waals surface area contributed by atoms with E-state index in [1.165, 1.54) is 32.2 Å². The zero-order chi connectivity index (χ0) is 25.1. The Balaban J connectivity index is 1.41. The van der Waals surface area contributed by atoms with Crippen LogP contribution in [0, 0.1) is 0 Å². The topological polar surface area (TPSA) is 56.0 Å². The number of rotatable bonds is 3. The van der Waals surface area contributed by atoms with E-state index in [2.05, 4.69) is 116 Å². The number of imidazole rings is 1. The average molecular weight is 506 g/mol. The predicted molar refractivity (Wildman–Crippen MR) is 157 cm³/mol. The fourth-order valence-electron chi connectivity index (χ4n) is 5.48. The predicted octanol–water partition coefficient (Wildman–Crippen LogP) is 5.89. The van der Waals surface area contributed by atoms with Gasteiger partial charge in [0.05, 0.1) is 22.1 Å². The fourth-order valence-corrected chi connectivity index (χ4v) is 7.76. The highest BCUT2D eigenvalue weighted by Gasteiger charge is 2.20. The van der Waals surface area contributed by atoms with Crippen LogP contribution in [0.1, 0.15) is 0 Å². The molecule has 38 heavy (non-hydrogen) atoms. The summed E-state index contributed by atoms with van der Waals surface area (Å²) >= 11 is 0. The largest absolute Gasteiger partial charge is 0.292 e. The van der Waals surface area contributed by atoms with Crippen LogP contribution in [0.15, 0.2) is 122 Å². The van der Waals surface area contributed by atoms with Gasteiger partial charge in [-0.1, -0.05) is 60.7 Å². The summed E-state index contributed by atoms with van der Waals surface area (Å²) in [5, 5.41) is 8.37. The first kappa shape index (κ1) is 21.4. The molecule has 4 heterocycles. The molecule has 0 fully saturated rings. The van der Waals surface area contributed by atoms with Crippen molar-refractivity contribution in [3.8, 4) is 0 Å². The van der Waals surface area contributed by atoms with Gasteiger partial charge in [-0.25, -0.2) is 15.0 Å². The molecule has 0 aliphatic carbocycles. The number of hydrogen-bond acceptors (Lipinski definition) is 4. The molecular formula is C32H20N5P. The summed E-state index contributed by atoms with van der Waals surface area (Å²) in [6.07, 6.45) is 7.21. The summed E-state index contributed by atoms with van der Waals surface area (Å²) in [4.78, 5) is 18.2. The standard InChI is InChI=1S/C32H20N5P/c1-2-7-27-25(5-1)26-6-3-4-8-30(26)37-31-12-11-24(18-29(31)36-32(27)37)38(22-13-15-33-16-14-22)23-10-9-21-19-34-20-35-28(21)17-23/h1-20H. The second-order valence-electron chi connectivity index (χ2n) is 9.31. The summed E-state index contributed by atoms with van der Waals surface area (Å²) in [5.74, 6) is 0. The van der Waals surface area contributed by atoms with E-state index in [1.54, 1.807) is 6.33 Å². The summed E-state index contributed by atoms with van der Waals surface area (Å²) in [6, 6.07) is 34.6. The highest BCUT2D eigenvalue weighted by molar-refractivity contribution is 7.79. The third kappa shape index (κ3) is 3.22. The molecule has 0 saturated carbocycles. The molecule has 1 unspecified atom stereocenters. The highest BCUT2D eigenvalue weighted by Crippen LogP contribution is 2.36. The molecule has 0 bridgehead atoms. The van der Waals surface area contributed by atoms with Gasteiger partial charge in [-0.3, -0.25) is 9.38 Å². The van der Waals surface area contributed by atoms with Crippen molar-refractivity contribution in [2.45, 2.75) is 0 Å². The van der Waals surface area contributed by atoms with E-state index in [9.17, 15) is 0 Å². The second kappa shape index (κ2) is 8.41. The minimum atomic E-state index is -0.841. The van der Waals surface area contributed by atoms with Crippen LogP contribution in [0.25, 0.3) is 49.3 Å². The minimum Gasteiger partial charge on any atom is -0.292 e. The van der Waals surface area contributed by atoms with Crippen LogP contribution in [-0.4, -0.2) is 24.3 Å². The molecule has 6 heteroatoms. The normalized spacial score (nSPS) is 12.6. The Morgan fingerprint density at radius 3 is 2.18 bits per heavy atom. The Bertz CT molecular complexity index is 2150. The molecule has 0 spiro atoms. The molecule has 0 aliphatic rings. The lowest BCUT2D eigenvalue weighted by Crippen LogP contribution is -2.21. The van der Waals surface area contributed by atoms with E-state index in [0.717, 1.165) is 33.0 Å². The lowest BCUT2D eigenvalue weighted by molar-refractivity contribution is 1.22. The van der Waals surface area contributed by atoms with Gasteiger partial charge >= 0.3 is 0 Å². The van der Waals surface area contributed by atoms with Gasteiger partial charge < -0.3 is 0 Å². The maximum absolute atomic E-state index is 5.21. The number of benzene rings is 4. The van der Waals surface area contributed by atoms with Gasteiger partial charge in [0.25, 0.3) is 0 Å². The number of pyridine rings is 2. The van der Waals surface area contributed by atoms with Crippen LogP contribution in [0.5, 0.6) is 0 Å². The molecule has 4 aromatic heterocycles. The summed E-state index contributed by atoms with van der Waals surface area (Å²) in [6.45, 7) is 0. The highest BCUT2D eigenvalue weighted by atomic mass is 31.1. The van der Waals surface area contributed by atoms with Gasteiger partial charge in [-0.2, -0.15) is 0 Å². The Morgan fingerprint density at radius 2 is 1.32 bits per heavy atom. The quantitative estimate of drug-likeness (QED) is 0.222. The first-order chi connectivity index (χ1) is 18.8. The van der Waals surface area contributed by atoms with Gasteiger partial charge in [-0.05, 0) is 65.6 Å². The Kier molecular flexibility index (Phi) is 4.73. The van der Waals surface area contributed by atoms with Crippen molar-refractivity contribution in [1.82, 2.24) is 24.3 Å². The van der Waals surface area contributed by atoms with Crippen molar-refractivity contribution >= 4 is 73.1 Å². The zero-order valence-corrected chi connectivity index (χ0v) is 21.1. The molecular weight excluding hydrogens is 485 g/mol. The van der Waals surface area contributed by atoms with Gasteiger partial charge in [0.2, 0.25) is 0 Å². The molecule has 0 amide bonds. The van der Waals surface area contributed by atoms with Crippen LogP contribution in [0.4, 0.5) is 0 Å². The van der Waals surface area contributed by atoms with Gasteiger partial charge in [0, 0.05) is 34.7 Å². The van der Waals surface area contributed by atoms with Gasteiger partial charge in [0.1, 0.15) is 12.0 Å². The van der Waals surface area contributed by atoms with Crippen molar-refractivity contribution in [3.63, 3.8) is 0 Å². The zero-order valence-electron chi connectivity index (χ0n) is 20.2. The SMILES string of the molecule is c1ccc2c(c1)c1ccccc1n1c3ccc(P(c4ccncc4)c4ccc5cncnc5c4)cc3nc21. The van der Waals surface area contributed by atoms with Gasteiger partial charge in [-0.15, -0.1) is 0 Å². The van der Waals surface area contributed by atoms with Crippen LogP contribution >= 0.6 is 7.92 Å². The molecule has 8 aromatic rings. The third-order valence-electron chi connectivity index (χ3n) is 7.17. The Hall–Kier alpha value is -4.73. The van der Waals surface area contributed by atoms with Crippen molar-refractivity contribution < 1.29 is 0 Å². The molecule has 0 N–H and O–H groups in total. The molecule has 0 radical (unpaired) electrons. The molecule has 8 rings (SSSR count). The molecule has 5 nitrogen and oxygen atoms in total. The van der Waals surface area contributed by atoms with Crippen LogP contribution in [0.2, 0.25) is 0 Å². The summed E-state index contributed by atoms with van der Waals surface area (Å²) < 4.78 is 2.30. The molecule has 1 atom stereocenters. The smallest absolute Gasteiger partial charge is 0.146 e. The van der Waals surface area contributed by atoms with Crippen LogP contribution in [0.3, 0.4) is 0 Å². The number of nitrogens with zero attached hydrogens (tertiary/aromatic N) is 5. The van der Waals surface area contributed by atoms with Crippen LogP contribution in [-0.2, 0) is 0 Å². The van der Waals surface area contributed by atoms with E-state index < -0.39 is 7.92 Å². The van der Waals surface area contributed by atoms with Gasteiger partial charge in [0.15, 0.2) is 0 Å². The van der Waals surface area contributed by atoms with Crippen molar-refractivity contribution in [2.24, 2.45) is 0 Å². The fraction of sp³-hybridized carbons (Fsp3) is 0. The Labute approximate surface area is 219 Å². The maximum Gasteiger partial charge on any atom is 0.146 e. The summed E-state index contributed by atoms with van der Waals surface area (Å²) in [7, 11) is -0.841. The van der Waals surface area contributed by atoms with Crippen LogP contribution < -0.4 is 15.9 Å². The monoisotopic (exact) mass is 505 g/mol. The van der Waals surface area contributed by atoms with E-state index in [4.69, 9.17) is 4.98 Å². The number of aromatic nitrogens is 5. The number of hydrogen-bond donors (Lipinski definition) is 0. The third-order valence-corrected chi connectivity index (χ3v) is 9.57. The van der Waals surface area contributed by atoms with E-state index in [1.807, 2.05) is 18.6 Å². The first-order valence-corrected chi connectivity index (χ1v) is 13.8. The van der Waals surface area contributed by atoms with Crippen molar-refractivity contribution in [3.05, 3.63) is 122 Å². The average Bonchev–Trinajstić information content (AvgIpc) is 3.37. The van der Waals surface area contributed by atoms with E-state index in [-0.39, 0.29) is 0 Å². The van der Waals surface area contributed by atoms with E-state index >= 15 is 0 Å². The first-order valence-electron chi connectivity index (χ1n) is 12.5. The molecule has 178 valence electrons.